The van der Waals surface area contributed by atoms with E-state index in [0.717, 1.165) is 31.5 Å². The van der Waals surface area contributed by atoms with Crippen molar-refractivity contribution in [3.63, 3.8) is 0 Å². The van der Waals surface area contributed by atoms with Gasteiger partial charge < -0.3 is 24.8 Å². The summed E-state index contributed by atoms with van der Waals surface area (Å²) in [5.74, 6) is 0.185. The highest BCUT2D eigenvalue weighted by Gasteiger charge is 2.26. The van der Waals surface area contributed by atoms with Crippen LogP contribution in [0.15, 0.2) is 48.5 Å². The lowest BCUT2D eigenvalue weighted by Crippen LogP contribution is -2.46. The normalized spacial score (nSPS) is 16.4. The van der Waals surface area contributed by atoms with E-state index >= 15 is 0 Å². The van der Waals surface area contributed by atoms with Gasteiger partial charge in [0, 0.05) is 26.2 Å². The van der Waals surface area contributed by atoms with Gasteiger partial charge in [0.05, 0.1) is 19.3 Å². The van der Waals surface area contributed by atoms with Crippen molar-refractivity contribution in [1.82, 2.24) is 15.5 Å². The monoisotopic (exact) mass is 439 g/mol. The predicted octanol–water partition coefficient (Wildman–Crippen LogP) is 1.65. The molecule has 2 N–H and O–H groups in total. The van der Waals surface area contributed by atoms with Crippen LogP contribution in [0, 0.1) is 0 Å². The molecule has 1 saturated heterocycles. The van der Waals surface area contributed by atoms with Crippen LogP contribution in [0.1, 0.15) is 23.6 Å². The van der Waals surface area contributed by atoms with Gasteiger partial charge in [0.1, 0.15) is 0 Å². The third-order valence-electron chi connectivity index (χ3n) is 5.70. The average Bonchev–Trinajstić information content (AvgIpc) is 3.31. The Morgan fingerprint density at radius 3 is 2.50 bits per heavy atom. The third kappa shape index (κ3) is 5.77. The van der Waals surface area contributed by atoms with E-state index in [0.29, 0.717) is 37.8 Å². The van der Waals surface area contributed by atoms with E-state index in [1.54, 1.807) is 0 Å². The van der Waals surface area contributed by atoms with E-state index in [2.05, 4.69) is 27.7 Å². The first-order valence-corrected chi connectivity index (χ1v) is 11.0. The molecular formula is C24H29N3O5. The summed E-state index contributed by atoms with van der Waals surface area (Å²) in [5.41, 5.74) is 2.21. The zero-order valence-corrected chi connectivity index (χ0v) is 18.0. The molecule has 0 aliphatic carbocycles. The Bertz CT molecular complexity index is 915. The summed E-state index contributed by atoms with van der Waals surface area (Å²) in [7, 11) is 0. The van der Waals surface area contributed by atoms with E-state index in [1.807, 2.05) is 36.4 Å². The fourth-order valence-electron chi connectivity index (χ4n) is 3.96. The molecule has 2 heterocycles. The number of carbonyl (C=O) groups is 2. The number of ether oxygens (including phenoxy) is 3. The van der Waals surface area contributed by atoms with Gasteiger partial charge in [-0.2, -0.15) is 0 Å². The highest BCUT2D eigenvalue weighted by molar-refractivity contribution is 6.35. The first-order chi connectivity index (χ1) is 15.7. The second kappa shape index (κ2) is 11.0. The first kappa shape index (κ1) is 22.1. The molecule has 0 saturated carbocycles. The molecule has 32 heavy (non-hydrogen) atoms. The second-order valence-electron chi connectivity index (χ2n) is 7.83. The van der Waals surface area contributed by atoms with Crippen molar-refractivity contribution in [2.75, 3.05) is 46.2 Å². The highest BCUT2D eigenvalue weighted by Crippen LogP contribution is 2.35. The molecule has 2 aliphatic rings. The summed E-state index contributed by atoms with van der Waals surface area (Å²) in [6, 6.07) is 15.8. The zero-order valence-electron chi connectivity index (χ0n) is 18.0. The Morgan fingerprint density at radius 2 is 1.69 bits per heavy atom. The molecule has 0 aromatic heterocycles. The largest absolute Gasteiger partial charge is 0.454 e. The number of morpholine rings is 1. The van der Waals surface area contributed by atoms with Gasteiger partial charge in [-0.05, 0) is 36.1 Å². The lowest BCUT2D eigenvalue weighted by Gasteiger charge is -2.34. The molecule has 0 spiro atoms. The smallest absolute Gasteiger partial charge is 0.309 e. The van der Waals surface area contributed by atoms with Crippen LogP contribution >= 0.6 is 0 Å². The van der Waals surface area contributed by atoms with Crippen LogP contribution in [0.3, 0.4) is 0 Å². The second-order valence-corrected chi connectivity index (χ2v) is 7.83. The number of fused-ring (bicyclic) bond motifs is 1. The minimum absolute atomic E-state index is 0.0942. The quantitative estimate of drug-likeness (QED) is 0.480. The Labute approximate surface area is 187 Å². The fraction of sp³-hybridized carbons (Fsp3) is 0.417. The molecule has 170 valence electrons. The van der Waals surface area contributed by atoms with Crippen molar-refractivity contribution in [2.24, 2.45) is 0 Å². The number of aryl methyl sites for hydroxylation is 1. The van der Waals surface area contributed by atoms with Gasteiger partial charge in [-0.3, -0.25) is 14.5 Å². The molecule has 8 heteroatoms. The van der Waals surface area contributed by atoms with Crippen molar-refractivity contribution in [3.05, 3.63) is 59.7 Å². The molecule has 8 nitrogen and oxygen atoms in total. The number of nitrogens with zero attached hydrogens (tertiary/aromatic N) is 1. The molecule has 1 fully saturated rings. The molecule has 0 unspecified atom stereocenters. The molecule has 4 rings (SSSR count). The van der Waals surface area contributed by atoms with Crippen LogP contribution < -0.4 is 20.1 Å². The summed E-state index contributed by atoms with van der Waals surface area (Å²) in [5, 5.41) is 5.51. The van der Waals surface area contributed by atoms with Crippen molar-refractivity contribution < 1.29 is 23.8 Å². The van der Waals surface area contributed by atoms with Crippen LogP contribution in [0.4, 0.5) is 0 Å². The zero-order chi connectivity index (χ0) is 22.2. The van der Waals surface area contributed by atoms with Crippen molar-refractivity contribution in [2.45, 2.75) is 18.9 Å². The van der Waals surface area contributed by atoms with Crippen LogP contribution in [-0.4, -0.2) is 62.9 Å². The highest BCUT2D eigenvalue weighted by atomic mass is 16.7. The number of hydrogen-bond donors (Lipinski definition) is 2. The standard InChI is InChI=1S/C24H29N3O5/c28-23(25-10-4-7-18-5-2-1-3-6-18)24(29)26-16-20(27-11-13-30-14-12-27)19-8-9-21-22(15-19)32-17-31-21/h1-3,5-6,8-9,15,20H,4,7,10-14,16-17H2,(H,25,28)(H,26,29)/t20-/m0/s1. The lowest BCUT2D eigenvalue weighted by molar-refractivity contribution is -0.139. The number of amides is 2. The maximum Gasteiger partial charge on any atom is 0.309 e. The topological polar surface area (TPSA) is 89.1 Å². The Hall–Kier alpha value is -3.10. The Morgan fingerprint density at radius 1 is 0.938 bits per heavy atom. The van der Waals surface area contributed by atoms with Crippen LogP contribution in [0.5, 0.6) is 11.5 Å². The summed E-state index contributed by atoms with van der Waals surface area (Å²) in [4.78, 5) is 26.9. The van der Waals surface area contributed by atoms with E-state index in [-0.39, 0.29) is 12.8 Å². The molecule has 2 amide bonds. The number of carbonyl (C=O) groups excluding carboxylic acids is 2. The van der Waals surface area contributed by atoms with E-state index < -0.39 is 11.8 Å². The van der Waals surface area contributed by atoms with Gasteiger partial charge >= 0.3 is 11.8 Å². The van der Waals surface area contributed by atoms with Gasteiger partial charge in [-0.25, -0.2) is 0 Å². The van der Waals surface area contributed by atoms with E-state index in [4.69, 9.17) is 14.2 Å². The molecular weight excluding hydrogens is 410 g/mol. The Kier molecular flexibility index (Phi) is 7.58. The third-order valence-corrected chi connectivity index (χ3v) is 5.70. The summed E-state index contributed by atoms with van der Waals surface area (Å²) in [6.45, 7) is 3.75. The molecule has 2 aliphatic heterocycles. The van der Waals surface area contributed by atoms with Gasteiger partial charge in [0.15, 0.2) is 11.5 Å². The fourth-order valence-corrected chi connectivity index (χ4v) is 3.96. The molecule has 0 radical (unpaired) electrons. The minimum atomic E-state index is -0.622. The molecule has 2 aromatic rings. The SMILES string of the molecule is O=C(NCCCc1ccccc1)C(=O)NC[C@@H](c1ccc2c(c1)OCO2)N1CCOCC1. The number of hydrogen-bond acceptors (Lipinski definition) is 6. The summed E-state index contributed by atoms with van der Waals surface area (Å²) < 4.78 is 16.4. The van der Waals surface area contributed by atoms with Crippen LogP contribution in [-0.2, 0) is 20.7 Å². The van der Waals surface area contributed by atoms with Gasteiger partial charge in [0.2, 0.25) is 6.79 Å². The van der Waals surface area contributed by atoms with Crippen LogP contribution in [0.25, 0.3) is 0 Å². The van der Waals surface area contributed by atoms with Crippen molar-refractivity contribution in [3.8, 4) is 11.5 Å². The van der Waals surface area contributed by atoms with E-state index in [1.165, 1.54) is 5.56 Å². The number of rotatable bonds is 8. The Balaban J connectivity index is 1.30. The predicted molar refractivity (Wildman–Crippen MR) is 118 cm³/mol. The lowest BCUT2D eigenvalue weighted by atomic mass is 10.0. The van der Waals surface area contributed by atoms with E-state index in [9.17, 15) is 9.59 Å². The first-order valence-electron chi connectivity index (χ1n) is 11.0. The average molecular weight is 440 g/mol. The maximum absolute atomic E-state index is 12.4. The summed E-state index contributed by atoms with van der Waals surface area (Å²) >= 11 is 0. The number of nitrogens with one attached hydrogen (secondary N) is 2. The number of benzene rings is 2. The van der Waals surface area contributed by atoms with Crippen LogP contribution in [0.2, 0.25) is 0 Å². The molecule has 0 bridgehead atoms. The molecule has 2 aromatic carbocycles. The summed E-state index contributed by atoms with van der Waals surface area (Å²) in [6.07, 6.45) is 1.63. The van der Waals surface area contributed by atoms with Gasteiger partial charge in [-0.15, -0.1) is 0 Å². The molecule has 1 atom stereocenters. The van der Waals surface area contributed by atoms with Crippen molar-refractivity contribution in [1.29, 1.82) is 0 Å². The minimum Gasteiger partial charge on any atom is -0.454 e. The van der Waals surface area contributed by atoms with Crippen molar-refractivity contribution >= 4 is 11.8 Å². The van der Waals surface area contributed by atoms with Gasteiger partial charge in [0.25, 0.3) is 0 Å². The maximum atomic E-state index is 12.4. The van der Waals surface area contributed by atoms with Gasteiger partial charge in [-0.1, -0.05) is 36.4 Å².